The van der Waals surface area contributed by atoms with Gasteiger partial charge in [-0.05, 0) is 32.8 Å². The molecule has 6 heteroatoms. The number of hydrogen-bond acceptors (Lipinski definition) is 6. The normalized spacial score (nSPS) is 11.2. The van der Waals surface area contributed by atoms with E-state index in [9.17, 15) is 9.59 Å². The van der Waals surface area contributed by atoms with Gasteiger partial charge in [-0.25, -0.2) is 0 Å². The zero-order chi connectivity index (χ0) is 17.6. The molecule has 0 aromatic carbocycles. The second kappa shape index (κ2) is 12.2. The first kappa shape index (κ1) is 19.8. The van der Waals surface area contributed by atoms with Crippen LogP contribution in [0.2, 0.25) is 0 Å². The third kappa shape index (κ3) is 8.41. The maximum Gasteiger partial charge on any atom is 0.311 e. The molecule has 132 valence electrons. The first-order valence-corrected chi connectivity index (χ1v) is 8.42. The van der Waals surface area contributed by atoms with E-state index in [4.69, 9.17) is 9.47 Å². The summed E-state index contributed by atoms with van der Waals surface area (Å²) in [7, 11) is 0. The van der Waals surface area contributed by atoms with Crippen LogP contribution in [-0.4, -0.2) is 42.4 Å². The Labute approximate surface area is 143 Å². The van der Waals surface area contributed by atoms with Gasteiger partial charge in [0, 0.05) is 30.9 Å². The maximum atomic E-state index is 11.7. The molecule has 6 nitrogen and oxygen atoms in total. The predicted molar refractivity (Wildman–Crippen MR) is 92.0 cm³/mol. The second-order valence-corrected chi connectivity index (χ2v) is 5.17. The zero-order valence-electron chi connectivity index (χ0n) is 14.5. The smallest absolute Gasteiger partial charge is 0.311 e. The summed E-state index contributed by atoms with van der Waals surface area (Å²) in [6, 6.07) is 3.70. The van der Waals surface area contributed by atoms with Crippen molar-refractivity contribution in [1.29, 1.82) is 0 Å². The third-order valence-corrected chi connectivity index (χ3v) is 3.26. The lowest BCUT2D eigenvalue weighted by Gasteiger charge is -2.07. The highest BCUT2D eigenvalue weighted by atomic mass is 16.5. The first-order chi connectivity index (χ1) is 11.7. The summed E-state index contributed by atoms with van der Waals surface area (Å²) in [6.45, 7) is 4.96. The number of carbonyl (C=O) groups is 2. The Balaban J connectivity index is 2.47. The second-order valence-electron chi connectivity index (χ2n) is 5.17. The number of aliphatic imine (C=N–C) groups is 1. The Morgan fingerprint density at radius 2 is 1.83 bits per heavy atom. The Hall–Kier alpha value is -2.24. The van der Waals surface area contributed by atoms with E-state index in [2.05, 4.69) is 9.98 Å². The molecule has 1 aromatic rings. The number of unbranched alkanes of at least 4 members (excludes halogenated alkanes) is 2. The quantitative estimate of drug-likeness (QED) is 0.353. The van der Waals surface area contributed by atoms with Crippen molar-refractivity contribution in [3.05, 3.63) is 30.1 Å². The van der Waals surface area contributed by atoms with Crippen LogP contribution in [0, 0.1) is 0 Å². The Morgan fingerprint density at radius 3 is 2.50 bits per heavy atom. The topological polar surface area (TPSA) is 77.8 Å². The molecule has 0 bridgehead atoms. The molecular formula is C18H26N2O4. The Morgan fingerprint density at radius 1 is 1.08 bits per heavy atom. The van der Waals surface area contributed by atoms with Gasteiger partial charge in [0.25, 0.3) is 0 Å². The number of esters is 2. The average Bonchev–Trinajstić information content (AvgIpc) is 2.58. The molecule has 0 aliphatic heterocycles. The summed E-state index contributed by atoms with van der Waals surface area (Å²) < 4.78 is 9.88. The average molecular weight is 334 g/mol. The largest absolute Gasteiger partial charge is 0.466 e. The van der Waals surface area contributed by atoms with Crippen LogP contribution in [0.1, 0.15) is 51.5 Å². The monoisotopic (exact) mass is 334 g/mol. The van der Waals surface area contributed by atoms with Crippen molar-refractivity contribution in [1.82, 2.24) is 4.98 Å². The Kier molecular flexibility index (Phi) is 10.1. The van der Waals surface area contributed by atoms with Gasteiger partial charge in [0.2, 0.25) is 0 Å². The summed E-state index contributed by atoms with van der Waals surface area (Å²) in [6.07, 6.45) is 6.49. The summed E-state index contributed by atoms with van der Waals surface area (Å²) in [5.74, 6) is -0.443. The minimum absolute atomic E-state index is 0.141. The molecule has 0 aliphatic rings. The molecule has 0 spiro atoms. The molecule has 24 heavy (non-hydrogen) atoms. The molecule has 0 fully saturated rings. The molecule has 0 N–H and O–H groups in total. The molecule has 0 aliphatic carbocycles. The van der Waals surface area contributed by atoms with E-state index in [1.54, 1.807) is 26.2 Å². The Bertz CT molecular complexity index is 529. The highest BCUT2D eigenvalue weighted by Gasteiger charge is 2.10. The number of hydrogen-bond donors (Lipinski definition) is 0. The van der Waals surface area contributed by atoms with Gasteiger partial charge < -0.3 is 9.47 Å². The minimum Gasteiger partial charge on any atom is -0.466 e. The van der Waals surface area contributed by atoms with Crippen LogP contribution in [0.5, 0.6) is 0 Å². The molecule has 1 aromatic heterocycles. The summed E-state index contributed by atoms with van der Waals surface area (Å²) in [5.41, 5.74) is 1.52. The van der Waals surface area contributed by atoms with Crippen molar-refractivity contribution in [3.8, 4) is 0 Å². The number of rotatable bonds is 11. The number of carbonyl (C=O) groups excluding carboxylic acids is 2. The molecule has 0 atom stereocenters. The predicted octanol–water partition coefficient (Wildman–Crippen LogP) is 2.95. The SMILES string of the molecule is CCOC(=O)CCCCCN=C(CC(=O)OCC)c1cccnc1. The third-order valence-electron chi connectivity index (χ3n) is 3.26. The van der Waals surface area contributed by atoms with Crippen molar-refractivity contribution in [2.45, 2.75) is 46.0 Å². The highest BCUT2D eigenvalue weighted by Crippen LogP contribution is 2.07. The molecule has 0 saturated carbocycles. The van der Waals surface area contributed by atoms with Gasteiger partial charge in [0.05, 0.1) is 25.3 Å². The van der Waals surface area contributed by atoms with Crippen LogP contribution < -0.4 is 0 Å². The standard InChI is InChI=1S/C18H26N2O4/c1-3-23-17(21)10-6-5-7-12-20-16(13-18(22)24-4-2)15-9-8-11-19-14-15/h8-9,11,14H,3-7,10,12-13H2,1-2H3. The van der Waals surface area contributed by atoms with Crippen LogP contribution in [0.3, 0.4) is 0 Å². The molecular weight excluding hydrogens is 308 g/mol. The number of pyridine rings is 1. The van der Waals surface area contributed by atoms with Gasteiger partial charge in [-0.2, -0.15) is 0 Å². The van der Waals surface area contributed by atoms with Crippen molar-refractivity contribution in [3.63, 3.8) is 0 Å². The molecule has 0 unspecified atom stereocenters. The van der Waals surface area contributed by atoms with Crippen molar-refractivity contribution < 1.29 is 19.1 Å². The lowest BCUT2D eigenvalue weighted by atomic mass is 10.1. The van der Waals surface area contributed by atoms with Gasteiger partial charge in [0.1, 0.15) is 0 Å². The van der Waals surface area contributed by atoms with Gasteiger partial charge in [-0.15, -0.1) is 0 Å². The van der Waals surface area contributed by atoms with Crippen molar-refractivity contribution in [2.75, 3.05) is 19.8 Å². The number of aromatic nitrogens is 1. The molecule has 0 radical (unpaired) electrons. The highest BCUT2D eigenvalue weighted by molar-refractivity contribution is 6.09. The van der Waals surface area contributed by atoms with Gasteiger partial charge in [-0.3, -0.25) is 19.6 Å². The number of nitrogens with zero attached hydrogens (tertiary/aromatic N) is 2. The fraction of sp³-hybridized carbons (Fsp3) is 0.556. The zero-order valence-corrected chi connectivity index (χ0v) is 14.5. The van der Waals surface area contributed by atoms with Gasteiger partial charge in [0.15, 0.2) is 0 Å². The summed E-state index contributed by atoms with van der Waals surface area (Å²) in [5, 5.41) is 0. The van der Waals surface area contributed by atoms with Gasteiger partial charge in [-0.1, -0.05) is 12.5 Å². The van der Waals surface area contributed by atoms with Crippen LogP contribution >= 0.6 is 0 Å². The van der Waals surface area contributed by atoms with Crippen molar-refractivity contribution >= 4 is 17.7 Å². The summed E-state index contributed by atoms with van der Waals surface area (Å²) >= 11 is 0. The van der Waals surface area contributed by atoms with Crippen LogP contribution in [-0.2, 0) is 19.1 Å². The summed E-state index contributed by atoms with van der Waals surface area (Å²) in [4.78, 5) is 31.6. The van der Waals surface area contributed by atoms with Gasteiger partial charge >= 0.3 is 11.9 Å². The van der Waals surface area contributed by atoms with E-state index < -0.39 is 0 Å². The minimum atomic E-state index is -0.289. The van der Waals surface area contributed by atoms with E-state index in [-0.39, 0.29) is 18.4 Å². The fourth-order valence-corrected chi connectivity index (χ4v) is 2.14. The van der Waals surface area contributed by atoms with E-state index >= 15 is 0 Å². The molecule has 0 saturated heterocycles. The van der Waals surface area contributed by atoms with E-state index in [0.717, 1.165) is 24.8 Å². The van der Waals surface area contributed by atoms with Crippen molar-refractivity contribution in [2.24, 2.45) is 4.99 Å². The van der Waals surface area contributed by atoms with Crippen LogP contribution in [0.4, 0.5) is 0 Å². The van der Waals surface area contributed by atoms with E-state index in [1.807, 2.05) is 12.1 Å². The first-order valence-electron chi connectivity index (χ1n) is 8.42. The lowest BCUT2D eigenvalue weighted by Crippen LogP contribution is -2.13. The lowest BCUT2D eigenvalue weighted by molar-refractivity contribution is -0.143. The maximum absolute atomic E-state index is 11.7. The van der Waals surface area contributed by atoms with Crippen LogP contribution in [0.25, 0.3) is 0 Å². The van der Waals surface area contributed by atoms with E-state index in [1.165, 1.54) is 0 Å². The molecule has 1 heterocycles. The fourth-order valence-electron chi connectivity index (χ4n) is 2.14. The number of ether oxygens (including phenoxy) is 2. The molecule has 0 amide bonds. The molecule has 1 rings (SSSR count). The van der Waals surface area contributed by atoms with E-state index in [0.29, 0.717) is 31.9 Å². The van der Waals surface area contributed by atoms with Crippen LogP contribution in [0.15, 0.2) is 29.5 Å².